The maximum atomic E-state index is 12.5. The topological polar surface area (TPSA) is 35.5 Å². The highest BCUT2D eigenvalue weighted by atomic mass is 16.5. The molecule has 1 aliphatic rings. The summed E-state index contributed by atoms with van der Waals surface area (Å²) in [5.74, 6) is 3.22. The first-order chi connectivity index (χ1) is 15.6. The molecule has 0 radical (unpaired) electrons. The van der Waals surface area contributed by atoms with Crippen LogP contribution in [0.25, 0.3) is 0 Å². The van der Waals surface area contributed by atoms with Crippen molar-refractivity contribution in [2.75, 3.05) is 6.61 Å². The Morgan fingerprint density at radius 1 is 1.00 bits per heavy atom. The van der Waals surface area contributed by atoms with E-state index in [2.05, 4.69) is 38.6 Å². The third-order valence-electron chi connectivity index (χ3n) is 6.76. The van der Waals surface area contributed by atoms with E-state index >= 15 is 0 Å². The number of hydrogen-bond acceptors (Lipinski definition) is 3. The highest BCUT2D eigenvalue weighted by Crippen LogP contribution is 2.33. The van der Waals surface area contributed by atoms with Gasteiger partial charge >= 0.3 is 5.97 Å². The van der Waals surface area contributed by atoms with Gasteiger partial charge in [-0.1, -0.05) is 51.3 Å². The van der Waals surface area contributed by atoms with Crippen molar-refractivity contribution in [2.24, 2.45) is 17.8 Å². The summed E-state index contributed by atoms with van der Waals surface area (Å²) in [6.45, 7) is 8.87. The summed E-state index contributed by atoms with van der Waals surface area (Å²) in [7, 11) is 0. The molecule has 0 heterocycles. The predicted molar refractivity (Wildman–Crippen MR) is 131 cm³/mol. The van der Waals surface area contributed by atoms with Crippen LogP contribution in [0.5, 0.6) is 11.5 Å². The fraction of sp³-hybridized carbons (Fsp3) is 0.483. The summed E-state index contributed by atoms with van der Waals surface area (Å²) < 4.78 is 11.3. The van der Waals surface area contributed by atoms with E-state index in [0.29, 0.717) is 23.8 Å². The smallest absolute Gasteiger partial charge is 0.343 e. The van der Waals surface area contributed by atoms with Gasteiger partial charge in [0.25, 0.3) is 0 Å². The number of benzene rings is 2. The molecular formula is C29H38O3. The molecule has 1 saturated carbocycles. The van der Waals surface area contributed by atoms with E-state index in [1.165, 1.54) is 44.1 Å². The minimum atomic E-state index is -0.345. The van der Waals surface area contributed by atoms with Gasteiger partial charge in [-0.15, -0.1) is 6.58 Å². The van der Waals surface area contributed by atoms with Crippen molar-refractivity contribution >= 4 is 5.97 Å². The lowest BCUT2D eigenvalue weighted by Crippen LogP contribution is -2.14. The molecule has 3 heteroatoms. The SMILES string of the molecule is C=CC[C@H]1CC[C@H](CCc2ccc(OC(=O)c3ccc(OC[C@@H](C)CC)cc3)cc2)CC1. The average molecular weight is 435 g/mol. The Morgan fingerprint density at radius 2 is 1.62 bits per heavy atom. The third-order valence-corrected chi connectivity index (χ3v) is 6.76. The highest BCUT2D eigenvalue weighted by molar-refractivity contribution is 5.91. The number of ether oxygens (including phenoxy) is 2. The second kappa shape index (κ2) is 12.5. The zero-order chi connectivity index (χ0) is 22.8. The van der Waals surface area contributed by atoms with E-state index in [-0.39, 0.29) is 5.97 Å². The van der Waals surface area contributed by atoms with Crippen molar-refractivity contribution in [3.05, 3.63) is 72.3 Å². The summed E-state index contributed by atoms with van der Waals surface area (Å²) in [6.07, 6.45) is 12.0. The van der Waals surface area contributed by atoms with Gasteiger partial charge in [0.15, 0.2) is 0 Å². The maximum absolute atomic E-state index is 12.5. The largest absolute Gasteiger partial charge is 0.493 e. The first kappa shape index (κ1) is 24.1. The van der Waals surface area contributed by atoms with Crippen LogP contribution in [0.4, 0.5) is 0 Å². The van der Waals surface area contributed by atoms with Crippen molar-refractivity contribution < 1.29 is 14.3 Å². The molecule has 172 valence electrons. The number of aryl methyl sites for hydroxylation is 1. The molecule has 3 nitrogen and oxygen atoms in total. The molecule has 3 rings (SSSR count). The molecule has 2 aromatic rings. The molecule has 32 heavy (non-hydrogen) atoms. The Balaban J connectivity index is 1.43. The number of esters is 1. The molecule has 1 fully saturated rings. The van der Waals surface area contributed by atoms with Crippen molar-refractivity contribution in [1.82, 2.24) is 0 Å². The van der Waals surface area contributed by atoms with Gasteiger partial charge in [-0.25, -0.2) is 4.79 Å². The van der Waals surface area contributed by atoms with Crippen LogP contribution < -0.4 is 9.47 Å². The van der Waals surface area contributed by atoms with Crippen molar-refractivity contribution in [3.8, 4) is 11.5 Å². The zero-order valence-corrected chi connectivity index (χ0v) is 19.7. The van der Waals surface area contributed by atoms with Gasteiger partial charge in [-0.3, -0.25) is 0 Å². The molecule has 1 atom stereocenters. The van der Waals surface area contributed by atoms with Crippen LogP contribution >= 0.6 is 0 Å². The van der Waals surface area contributed by atoms with Crippen LogP contribution in [0.1, 0.15) is 74.7 Å². The van der Waals surface area contributed by atoms with Gasteiger partial charge in [0.05, 0.1) is 12.2 Å². The molecule has 0 saturated heterocycles. The van der Waals surface area contributed by atoms with Gasteiger partial charge in [0, 0.05) is 0 Å². The lowest BCUT2D eigenvalue weighted by atomic mass is 9.78. The molecule has 0 aromatic heterocycles. The number of rotatable bonds is 11. The van der Waals surface area contributed by atoms with Crippen molar-refractivity contribution in [1.29, 1.82) is 0 Å². The first-order valence-corrected chi connectivity index (χ1v) is 12.2. The Kier molecular flexibility index (Phi) is 9.40. The number of carbonyl (C=O) groups excluding carboxylic acids is 1. The lowest BCUT2D eigenvalue weighted by Gasteiger charge is -2.27. The van der Waals surface area contributed by atoms with Gasteiger partial charge < -0.3 is 9.47 Å². The predicted octanol–water partition coefficient (Wildman–Crippen LogP) is 7.65. The Hall–Kier alpha value is -2.55. The number of carbonyl (C=O) groups is 1. The quantitative estimate of drug-likeness (QED) is 0.207. The van der Waals surface area contributed by atoms with Gasteiger partial charge in [-0.05, 0) is 91.8 Å². The second-order valence-electron chi connectivity index (χ2n) is 9.33. The van der Waals surface area contributed by atoms with Crippen LogP contribution in [-0.4, -0.2) is 12.6 Å². The number of hydrogen-bond donors (Lipinski definition) is 0. The van der Waals surface area contributed by atoms with Gasteiger partial charge in [-0.2, -0.15) is 0 Å². The molecule has 2 aromatic carbocycles. The molecule has 0 amide bonds. The van der Waals surface area contributed by atoms with Crippen LogP contribution in [0.3, 0.4) is 0 Å². The molecule has 0 unspecified atom stereocenters. The standard InChI is InChI=1S/C29H38O3/c1-4-6-23-7-9-24(10-8-23)11-12-25-13-17-28(18-14-25)32-29(30)26-15-19-27(20-16-26)31-21-22(3)5-2/h4,13-20,22-24H,1,5-12,21H2,2-3H3/t22-,23-,24-/m0/s1. The van der Waals surface area contributed by atoms with Crippen LogP contribution in [-0.2, 0) is 6.42 Å². The molecule has 0 N–H and O–H groups in total. The minimum absolute atomic E-state index is 0.345. The van der Waals surface area contributed by atoms with E-state index in [4.69, 9.17) is 9.47 Å². The summed E-state index contributed by atoms with van der Waals surface area (Å²) in [6, 6.07) is 15.1. The Bertz CT molecular complexity index is 830. The van der Waals surface area contributed by atoms with E-state index in [9.17, 15) is 4.79 Å². The fourth-order valence-corrected chi connectivity index (χ4v) is 4.30. The van der Waals surface area contributed by atoms with E-state index in [1.807, 2.05) is 24.3 Å². The first-order valence-electron chi connectivity index (χ1n) is 12.2. The minimum Gasteiger partial charge on any atom is -0.493 e. The monoisotopic (exact) mass is 434 g/mol. The molecule has 0 spiro atoms. The lowest BCUT2D eigenvalue weighted by molar-refractivity contribution is 0.0734. The van der Waals surface area contributed by atoms with E-state index in [0.717, 1.165) is 30.4 Å². The molecule has 0 aliphatic heterocycles. The average Bonchev–Trinajstić information content (AvgIpc) is 2.83. The molecule has 1 aliphatic carbocycles. The van der Waals surface area contributed by atoms with Crippen LogP contribution in [0.2, 0.25) is 0 Å². The zero-order valence-electron chi connectivity index (χ0n) is 19.7. The Morgan fingerprint density at radius 3 is 2.25 bits per heavy atom. The van der Waals surface area contributed by atoms with E-state index < -0.39 is 0 Å². The summed E-state index contributed by atoms with van der Waals surface area (Å²) in [5, 5.41) is 0. The third kappa shape index (κ3) is 7.55. The second-order valence-corrected chi connectivity index (χ2v) is 9.33. The van der Waals surface area contributed by atoms with Crippen molar-refractivity contribution in [2.45, 2.75) is 65.2 Å². The van der Waals surface area contributed by atoms with E-state index in [1.54, 1.807) is 12.1 Å². The molecular weight excluding hydrogens is 396 g/mol. The van der Waals surface area contributed by atoms with Crippen molar-refractivity contribution in [3.63, 3.8) is 0 Å². The van der Waals surface area contributed by atoms with Crippen LogP contribution in [0.15, 0.2) is 61.2 Å². The summed E-state index contributed by atoms with van der Waals surface area (Å²) >= 11 is 0. The van der Waals surface area contributed by atoms with Gasteiger partial charge in [0.2, 0.25) is 0 Å². The van der Waals surface area contributed by atoms with Gasteiger partial charge in [0.1, 0.15) is 11.5 Å². The summed E-state index contributed by atoms with van der Waals surface area (Å²) in [4.78, 5) is 12.5. The summed E-state index contributed by atoms with van der Waals surface area (Å²) in [5.41, 5.74) is 1.83. The maximum Gasteiger partial charge on any atom is 0.343 e. The fourth-order valence-electron chi connectivity index (χ4n) is 4.30. The normalized spacial score (nSPS) is 19.2. The Labute approximate surface area is 193 Å². The van der Waals surface area contributed by atoms with Crippen LogP contribution in [0, 0.1) is 17.8 Å². The number of allylic oxidation sites excluding steroid dienone is 1. The molecule has 0 bridgehead atoms. The highest BCUT2D eigenvalue weighted by Gasteiger charge is 2.20.